The summed E-state index contributed by atoms with van der Waals surface area (Å²) in [6, 6.07) is 7.49. The molecular formula is C23H34N4O4. The van der Waals surface area contributed by atoms with Crippen LogP contribution in [0.4, 0.5) is 6.01 Å². The lowest BCUT2D eigenvalue weighted by molar-refractivity contribution is 0.0922. The molecule has 8 nitrogen and oxygen atoms in total. The predicted octanol–water partition coefficient (Wildman–Crippen LogP) is 3.38. The average molecular weight is 431 g/mol. The molecule has 8 heteroatoms. The van der Waals surface area contributed by atoms with Crippen molar-refractivity contribution in [1.82, 2.24) is 15.5 Å². The largest absolute Gasteiger partial charge is 0.494 e. The van der Waals surface area contributed by atoms with Gasteiger partial charge in [-0.1, -0.05) is 19.0 Å². The van der Waals surface area contributed by atoms with Crippen molar-refractivity contribution in [2.45, 2.75) is 58.4 Å². The molecule has 0 radical (unpaired) electrons. The minimum Gasteiger partial charge on any atom is -0.494 e. The number of hydrogen-bond acceptors (Lipinski definition) is 7. The Bertz CT molecular complexity index is 813. The molecule has 1 aromatic heterocycles. The normalized spacial score (nSPS) is 15.8. The second-order valence-electron chi connectivity index (χ2n) is 8.59. The number of piperidine rings is 1. The third kappa shape index (κ3) is 6.69. The van der Waals surface area contributed by atoms with E-state index in [4.69, 9.17) is 14.4 Å². The molecule has 0 spiro atoms. The van der Waals surface area contributed by atoms with Crippen molar-refractivity contribution in [2.24, 2.45) is 5.92 Å². The molecule has 1 unspecified atom stereocenters. The summed E-state index contributed by atoms with van der Waals surface area (Å²) < 4.78 is 11.2. The van der Waals surface area contributed by atoms with Crippen molar-refractivity contribution < 1.29 is 19.2 Å². The van der Waals surface area contributed by atoms with Crippen molar-refractivity contribution in [2.75, 3.05) is 31.2 Å². The molecule has 31 heavy (non-hydrogen) atoms. The summed E-state index contributed by atoms with van der Waals surface area (Å²) in [6.45, 7) is 8.36. The Morgan fingerprint density at radius 3 is 2.58 bits per heavy atom. The highest BCUT2D eigenvalue weighted by Gasteiger charge is 2.23. The standard InChI is InChI=1S/C23H34N4O4/c1-16(2)21-25-23(31-26-21)27-12-10-18(11-13-27)5-4-14-30-20-8-6-19(7-9-20)22(29)24-17(3)15-28/h6-9,16-18,28H,4-5,10-15H2,1-3H3,(H,24,29). The number of aliphatic hydroxyl groups is 1. The summed E-state index contributed by atoms with van der Waals surface area (Å²) in [5, 5.41) is 15.8. The molecule has 0 saturated carbocycles. The number of aliphatic hydroxyl groups excluding tert-OH is 1. The first-order valence-electron chi connectivity index (χ1n) is 11.2. The fourth-order valence-corrected chi connectivity index (χ4v) is 3.62. The summed E-state index contributed by atoms with van der Waals surface area (Å²) in [5.41, 5.74) is 0.557. The lowest BCUT2D eigenvalue weighted by Crippen LogP contribution is -2.34. The van der Waals surface area contributed by atoms with Crippen LogP contribution in [0.2, 0.25) is 0 Å². The Kier molecular flexibility index (Phi) is 8.28. The van der Waals surface area contributed by atoms with Gasteiger partial charge in [0.1, 0.15) is 5.75 Å². The van der Waals surface area contributed by atoms with Crippen LogP contribution < -0.4 is 15.0 Å². The van der Waals surface area contributed by atoms with Crippen LogP contribution in [0, 0.1) is 5.92 Å². The second-order valence-corrected chi connectivity index (χ2v) is 8.59. The van der Waals surface area contributed by atoms with Gasteiger partial charge in [0, 0.05) is 30.6 Å². The van der Waals surface area contributed by atoms with Crippen LogP contribution in [0.15, 0.2) is 28.8 Å². The topological polar surface area (TPSA) is 101 Å². The van der Waals surface area contributed by atoms with Gasteiger partial charge in [-0.2, -0.15) is 4.98 Å². The quantitative estimate of drug-likeness (QED) is 0.557. The maximum absolute atomic E-state index is 12.0. The zero-order valence-electron chi connectivity index (χ0n) is 18.7. The Hall–Kier alpha value is -2.61. The van der Waals surface area contributed by atoms with Crippen LogP contribution in [0.1, 0.15) is 68.6 Å². The van der Waals surface area contributed by atoms with E-state index in [1.165, 1.54) is 0 Å². The first-order valence-corrected chi connectivity index (χ1v) is 11.2. The van der Waals surface area contributed by atoms with E-state index < -0.39 is 0 Å². The molecule has 3 rings (SSSR count). The number of nitrogens with one attached hydrogen (secondary N) is 1. The smallest absolute Gasteiger partial charge is 0.324 e. The summed E-state index contributed by atoms with van der Waals surface area (Å²) >= 11 is 0. The number of anilines is 1. The third-order valence-corrected chi connectivity index (χ3v) is 5.63. The van der Waals surface area contributed by atoms with Gasteiger partial charge in [0.15, 0.2) is 5.82 Å². The van der Waals surface area contributed by atoms with Gasteiger partial charge in [-0.05, 0) is 62.8 Å². The molecule has 0 bridgehead atoms. The number of aromatic nitrogens is 2. The van der Waals surface area contributed by atoms with Crippen molar-refractivity contribution in [3.05, 3.63) is 35.7 Å². The first-order chi connectivity index (χ1) is 15.0. The maximum atomic E-state index is 12.0. The lowest BCUT2D eigenvalue weighted by atomic mass is 9.92. The molecule has 1 saturated heterocycles. The predicted molar refractivity (Wildman–Crippen MR) is 119 cm³/mol. The summed E-state index contributed by atoms with van der Waals surface area (Å²) in [7, 11) is 0. The first kappa shape index (κ1) is 23.1. The van der Waals surface area contributed by atoms with E-state index in [-0.39, 0.29) is 24.5 Å². The summed E-state index contributed by atoms with van der Waals surface area (Å²) in [6.07, 6.45) is 4.37. The zero-order valence-corrected chi connectivity index (χ0v) is 18.7. The Morgan fingerprint density at radius 2 is 1.97 bits per heavy atom. The molecule has 2 aromatic rings. The molecule has 170 valence electrons. The van der Waals surface area contributed by atoms with E-state index in [2.05, 4.69) is 34.2 Å². The highest BCUT2D eigenvalue weighted by molar-refractivity contribution is 5.94. The maximum Gasteiger partial charge on any atom is 0.324 e. The number of ether oxygens (including phenoxy) is 1. The number of nitrogens with zero attached hydrogens (tertiary/aromatic N) is 3. The molecule has 1 amide bonds. The van der Waals surface area contributed by atoms with Gasteiger partial charge < -0.3 is 24.6 Å². The highest BCUT2D eigenvalue weighted by Crippen LogP contribution is 2.26. The third-order valence-electron chi connectivity index (χ3n) is 5.63. The Balaban J connectivity index is 1.33. The number of hydrogen-bond donors (Lipinski definition) is 2. The van der Waals surface area contributed by atoms with Crippen molar-refractivity contribution in [3.63, 3.8) is 0 Å². The number of carbonyl (C=O) groups is 1. The number of amides is 1. The molecule has 1 aromatic carbocycles. The molecular weight excluding hydrogens is 396 g/mol. The molecule has 0 aliphatic carbocycles. The van der Waals surface area contributed by atoms with Crippen LogP contribution in [0.5, 0.6) is 5.75 Å². The fraction of sp³-hybridized carbons (Fsp3) is 0.609. The van der Waals surface area contributed by atoms with E-state index in [9.17, 15) is 4.79 Å². The van der Waals surface area contributed by atoms with E-state index in [0.717, 1.165) is 50.3 Å². The second kappa shape index (κ2) is 11.1. The van der Waals surface area contributed by atoms with Crippen LogP contribution in [0.25, 0.3) is 0 Å². The molecule has 1 fully saturated rings. The van der Waals surface area contributed by atoms with Crippen molar-refractivity contribution in [1.29, 1.82) is 0 Å². The van der Waals surface area contributed by atoms with Crippen molar-refractivity contribution >= 4 is 11.9 Å². The minimum absolute atomic E-state index is 0.0814. The Morgan fingerprint density at radius 1 is 1.26 bits per heavy atom. The van der Waals surface area contributed by atoms with Gasteiger partial charge in [-0.3, -0.25) is 4.79 Å². The van der Waals surface area contributed by atoms with Gasteiger partial charge in [-0.15, -0.1) is 0 Å². The van der Waals surface area contributed by atoms with E-state index in [0.29, 0.717) is 24.1 Å². The highest BCUT2D eigenvalue weighted by atomic mass is 16.5. The lowest BCUT2D eigenvalue weighted by Gasteiger charge is -2.30. The monoisotopic (exact) mass is 430 g/mol. The van der Waals surface area contributed by atoms with Gasteiger partial charge >= 0.3 is 6.01 Å². The number of carbonyl (C=O) groups excluding carboxylic acids is 1. The van der Waals surface area contributed by atoms with Crippen LogP contribution in [0.3, 0.4) is 0 Å². The van der Waals surface area contributed by atoms with Gasteiger partial charge in [0.25, 0.3) is 5.91 Å². The molecule has 2 heterocycles. The van der Waals surface area contributed by atoms with Crippen LogP contribution >= 0.6 is 0 Å². The zero-order chi connectivity index (χ0) is 22.2. The molecule has 1 aliphatic rings. The fourth-order valence-electron chi connectivity index (χ4n) is 3.62. The summed E-state index contributed by atoms with van der Waals surface area (Å²) in [5.74, 6) is 2.30. The minimum atomic E-state index is -0.264. The Labute approximate surface area is 184 Å². The van der Waals surface area contributed by atoms with Gasteiger partial charge in [0.2, 0.25) is 0 Å². The van der Waals surface area contributed by atoms with Crippen LogP contribution in [-0.4, -0.2) is 53.5 Å². The number of rotatable bonds is 10. The molecule has 1 aliphatic heterocycles. The van der Waals surface area contributed by atoms with E-state index in [1.807, 2.05) is 12.1 Å². The van der Waals surface area contributed by atoms with E-state index in [1.54, 1.807) is 19.1 Å². The summed E-state index contributed by atoms with van der Waals surface area (Å²) in [4.78, 5) is 18.7. The molecule has 1 atom stereocenters. The SMILES string of the molecule is CC(CO)NC(=O)c1ccc(OCCCC2CCN(c3nc(C(C)C)no3)CC2)cc1. The van der Waals surface area contributed by atoms with Crippen molar-refractivity contribution in [3.8, 4) is 5.75 Å². The van der Waals surface area contributed by atoms with Crippen LogP contribution in [-0.2, 0) is 0 Å². The van der Waals surface area contributed by atoms with Gasteiger partial charge in [0.05, 0.1) is 13.2 Å². The van der Waals surface area contributed by atoms with E-state index >= 15 is 0 Å². The van der Waals surface area contributed by atoms with Gasteiger partial charge in [-0.25, -0.2) is 0 Å². The average Bonchev–Trinajstić information content (AvgIpc) is 3.28. The molecule has 2 N–H and O–H groups in total. The number of benzene rings is 1.